The maximum absolute atomic E-state index is 13.8. The zero-order chi connectivity index (χ0) is 16.4. The number of aromatic nitrogens is 3. The summed E-state index contributed by atoms with van der Waals surface area (Å²) in [6.07, 6.45) is 2.28. The molecule has 2 aromatic heterocycles. The third kappa shape index (κ3) is 3.17. The molecular formula is C15H16FN5OS. The molecule has 0 fully saturated rings. The minimum atomic E-state index is -1.10. The van der Waals surface area contributed by atoms with Gasteiger partial charge in [0.05, 0.1) is 11.9 Å². The van der Waals surface area contributed by atoms with E-state index in [1.54, 1.807) is 35.3 Å². The molecule has 0 amide bonds. The van der Waals surface area contributed by atoms with Crippen molar-refractivity contribution in [3.8, 4) is 10.6 Å². The van der Waals surface area contributed by atoms with Crippen LogP contribution < -0.4 is 11.1 Å². The van der Waals surface area contributed by atoms with Gasteiger partial charge in [-0.25, -0.2) is 9.37 Å². The van der Waals surface area contributed by atoms with E-state index in [1.807, 2.05) is 6.92 Å². The number of aliphatic hydroxyl groups excluding tert-OH is 1. The lowest BCUT2D eigenvalue weighted by Gasteiger charge is -2.10. The quantitative estimate of drug-likeness (QED) is 0.625. The Hall–Kier alpha value is -2.45. The Bertz CT molecular complexity index is 816. The van der Waals surface area contributed by atoms with Gasteiger partial charge >= 0.3 is 0 Å². The lowest BCUT2D eigenvalue weighted by atomic mass is 10.2. The van der Waals surface area contributed by atoms with E-state index in [4.69, 9.17) is 5.73 Å². The molecule has 1 atom stereocenters. The fourth-order valence-electron chi connectivity index (χ4n) is 2.13. The summed E-state index contributed by atoms with van der Waals surface area (Å²) in [6.45, 7) is 2.69. The fraction of sp³-hybridized carbons (Fsp3) is 0.200. The number of nitrogens with zero attached hydrogens (tertiary/aromatic N) is 3. The minimum Gasteiger partial charge on any atom is -0.389 e. The van der Waals surface area contributed by atoms with Gasteiger partial charge in [-0.3, -0.25) is 4.68 Å². The summed E-state index contributed by atoms with van der Waals surface area (Å²) in [5, 5.41) is 18.0. The molecule has 0 aliphatic heterocycles. The number of thiazole rings is 1. The van der Waals surface area contributed by atoms with Crippen LogP contribution in [-0.2, 0) is 6.54 Å². The van der Waals surface area contributed by atoms with E-state index in [9.17, 15) is 9.50 Å². The first-order valence-corrected chi connectivity index (χ1v) is 7.88. The Morgan fingerprint density at radius 3 is 2.91 bits per heavy atom. The van der Waals surface area contributed by atoms with E-state index in [0.717, 1.165) is 17.9 Å². The molecule has 120 valence electrons. The van der Waals surface area contributed by atoms with Crippen molar-refractivity contribution in [2.45, 2.75) is 19.7 Å². The van der Waals surface area contributed by atoms with Crippen molar-refractivity contribution in [1.29, 1.82) is 0 Å². The van der Waals surface area contributed by atoms with Crippen molar-refractivity contribution < 1.29 is 9.50 Å². The SMILES string of the molecule is CCn1cc(NC(O)c2nc(-c3ccccc3F)sc2N)cn1. The maximum Gasteiger partial charge on any atom is 0.171 e. The van der Waals surface area contributed by atoms with Gasteiger partial charge in [0.25, 0.3) is 0 Å². The molecule has 4 N–H and O–H groups in total. The normalized spacial score (nSPS) is 12.3. The van der Waals surface area contributed by atoms with Crippen LogP contribution in [0, 0.1) is 5.82 Å². The van der Waals surface area contributed by atoms with Crippen molar-refractivity contribution in [2.75, 3.05) is 11.1 Å². The van der Waals surface area contributed by atoms with Gasteiger partial charge in [0.15, 0.2) is 6.23 Å². The van der Waals surface area contributed by atoms with E-state index < -0.39 is 6.23 Å². The molecule has 1 unspecified atom stereocenters. The van der Waals surface area contributed by atoms with Crippen LogP contribution >= 0.6 is 11.3 Å². The largest absolute Gasteiger partial charge is 0.389 e. The van der Waals surface area contributed by atoms with E-state index >= 15 is 0 Å². The predicted molar refractivity (Wildman–Crippen MR) is 88.4 cm³/mol. The Labute approximate surface area is 136 Å². The number of nitrogens with one attached hydrogen (secondary N) is 1. The number of rotatable bonds is 5. The van der Waals surface area contributed by atoms with Gasteiger partial charge in [-0.2, -0.15) is 5.10 Å². The maximum atomic E-state index is 13.8. The molecule has 0 bridgehead atoms. The highest BCUT2D eigenvalue weighted by atomic mass is 32.1. The predicted octanol–water partition coefficient (Wildman–Crippen LogP) is 2.85. The third-order valence-electron chi connectivity index (χ3n) is 3.30. The van der Waals surface area contributed by atoms with Crippen LogP contribution in [0.2, 0.25) is 0 Å². The van der Waals surface area contributed by atoms with Gasteiger partial charge in [-0.15, -0.1) is 0 Å². The van der Waals surface area contributed by atoms with Crippen molar-refractivity contribution in [2.24, 2.45) is 0 Å². The van der Waals surface area contributed by atoms with E-state index in [1.165, 1.54) is 6.07 Å². The van der Waals surface area contributed by atoms with Crippen LogP contribution in [0.5, 0.6) is 0 Å². The molecule has 1 aromatic carbocycles. The van der Waals surface area contributed by atoms with Crippen LogP contribution in [-0.4, -0.2) is 19.9 Å². The summed E-state index contributed by atoms with van der Waals surface area (Å²) in [4.78, 5) is 4.28. The smallest absolute Gasteiger partial charge is 0.171 e. The summed E-state index contributed by atoms with van der Waals surface area (Å²) in [5.74, 6) is -0.375. The Kier molecular flexibility index (Phi) is 4.26. The number of hydrogen-bond donors (Lipinski definition) is 3. The van der Waals surface area contributed by atoms with Crippen LogP contribution in [0.3, 0.4) is 0 Å². The zero-order valence-electron chi connectivity index (χ0n) is 12.4. The first-order valence-electron chi connectivity index (χ1n) is 7.06. The van der Waals surface area contributed by atoms with Gasteiger partial charge < -0.3 is 16.2 Å². The van der Waals surface area contributed by atoms with E-state index in [0.29, 0.717) is 21.3 Å². The lowest BCUT2D eigenvalue weighted by Crippen LogP contribution is -2.11. The third-order valence-corrected chi connectivity index (χ3v) is 4.24. The monoisotopic (exact) mass is 333 g/mol. The van der Waals surface area contributed by atoms with Gasteiger partial charge in [-0.05, 0) is 19.1 Å². The van der Waals surface area contributed by atoms with Crippen molar-refractivity contribution in [1.82, 2.24) is 14.8 Å². The number of benzene rings is 1. The molecule has 0 aliphatic rings. The summed E-state index contributed by atoms with van der Waals surface area (Å²) in [5.41, 5.74) is 7.22. The molecule has 0 saturated carbocycles. The number of anilines is 2. The average molecular weight is 333 g/mol. The van der Waals surface area contributed by atoms with Crippen LogP contribution in [0.15, 0.2) is 36.7 Å². The van der Waals surface area contributed by atoms with Crippen molar-refractivity contribution in [3.05, 3.63) is 48.2 Å². The highest BCUT2D eigenvalue weighted by Gasteiger charge is 2.19. The molecule has 0 aliphatic carbocycles. The molecule has 0 radical (unpaired) electrons. The van der Waals surface area contributed by atoms with E-state index in [2.05, 4.69) is 15.4 Å². The van der Waals surface area contributed by atoms with Crippen molar-refractivity contribution >= 4 is 22.0 Å². The van der Waals surface area contributed by atoms with Gasteiger partial charge in [0, 0.05) is 18.3 Å². The van der Waals surface area contributed by atoms with Crippen LogP contribution in [0.25, 0.3) is 10.6 Å². The lowest BCUT2D eigenvalue weighted by molar-refractivity contribution is 0.205. The first-order chi connectivity index (χ1) is 11.1. The van der Waals surface area contributed by atoms with Gasteiger partial charge in [0.2, 0.25) is 0 Å². The second-order valence-corrected chi connectivity index (χ2v) is 5.91. The second kappa shape index (κ2) is 6.35. The second-order valence-electron chi connectivity index (χ2n) is 4.88. The Morgan fingerprint density at radius 2 is 2.22 bits per heavy atom. The van der Waals surface area contributed by atoms with Crippen molar-refractivity contribution in [3.63, 3.8) is 0 Å². The first kappa shape index (κ1) is 15.4. The number of nitrogens with two attached hydrogens (primary N) is 1. The molecule has 3 aromatic rings. The van der Waals surface area contributed by atoms with Gasteiger partial charge in [-0.1, -0.05) is 23.5 Å². The molecule has 3 rings (SSSR count). The molecule has 8 heteroatoms. The highest BCUT2D eigenvalue weighted by molar-refractivity contribution is 7.18. The molecule has 23 heavy (non-hydrogen) atoms. The number of aryl methyl sites for hydroxylation is 1. The molecule has 0 saturated heterocycles. The number of halogens is 1. The summed E-state index contributed by atoms with van der Waals surface area (Å²) in [6, 6.07) is 6.32. The summed E-state index contributed by atoms with van der Waals surface area (Å²) < 4.78 is 15.6. The number of aliphatic hydroxyl groups is 1. The zero-order valence-corrected chi connectivity index (χ0v) is 13.2. The minimum absolute atomic E-state index is 0.275. The molecular weight excluding hydrogens is 317 g/mol. The Morgan fingerprint density at radius 1 is 1.43 bits per heavy atom. The number of hydrogen-bond acceptors (Lipinski definition) is 6. The highest BCUT2D eigenvalue weighted by Crippen LogP contribution is 2.34. The fourth-order valence-corrected chi connectivity index (χ4v) is 3.02. The molecule has 0 spiro atoms. The van der Waals surface area contributed by atoms with Gasteiger partial charge in [0.1, 0.15) is 21.5 Å². The average Bonchev–Trinajstić information content (AvgIpc) is 3.14. The summed E-state index contributed by atoms with van der Waals surface area (Å²) in [7, 11) is 0. The van der Waals surface area contributed by atoms with E-state index in [-0.39, 0.29) is 11.5 Å². The van der Waals surface area contributed by atoms with Crippen LogP contribution in [0.4, 0.5) is 15.1 Å². The summed E-state index contributed by atoms with van der Waals surface area (Å²) >= 11 is 1.14. The molecule has 2 heterocycles. The standard InChI is InChI=1S/C15H16FN5OS/c1-2-21-8-9(7-18-21)19-14(22)12-13(17)23-15(20-12)10-5-3-4-6-11(10)16/h3-8,14,19,22H,2,17H2,1H3. The Balaban J connectivity index is 1.84. The van der Waals surface area contributed by atoms with Crippen LogP contribution in [0.1, 0.15) is 18.8 Å². The molecule has 6 nitrogen and oxygen atoms in total. The topological polar surface area (TPSA) is 89.0 Å². The number of nitrogen functional groups attached to an aromatic ring is 1.